The standard InChI is InChI=1S/C12H13BrN2O3/c13-8-3-6(4-9-11(8)18-5-17-9)10(12(14)16)15-7-1-2-7/h3-4,7,10,15H,1-2,5H2,(H2,14,16). The Morgan fingerprint density at radius 2 is 2.22 bits per heavy atom. The molecule has 1 aromatic rings. The Labute approximate surface area is 113 Å². The lowest BCUT2D eigenvalue weighted by atomic mass is 10.1. The molecule has 1 heterocycles. The van der Waals surface area contributed by atoms with Crippen LogP contribution in [0.15, 0.2) is 16.6 Å². The van der Waals surface area contributed by atoms with E-state index in [1.165, 1.54) is 0 Å². The Balaban J connectivity index is 1.93. The predicted octanol–water partition coefficient (Wildman–Crippen LogP) is 1.46. The smallest absolute Gasteiger partial charge is 0.239 e. The van der Waals surface area contributed by atoms with Gasteiger partial charge in [-0.25, -0.2) is 0 Å². The van der Waals surface area contributed by atoms with Crippen LogP contribution in [0.25, 0.3) is 0 Å². The second-order valence-electron chi connectivity index (χ2n) is 4.51. The van der Waals surface area contributed by atoms with Gasteiger partial charge in [0.1, 0.15) is 6.04 Å². The minimum atomic E-state index is -0.483. The van der Waals surface area contributed by atoms with E-state index in [-0.39, 0.29) is 12.7 Å². The summed E-state index contributed by atoms with van der Waals surface area (Å²) in [6, 6.07) is 3.56. The van der Waals surface area contributed by atoms with Crippen LogP contribution >= 0.6 is 15.9 Å². The molecule has 1 aromatic carbocycles. The SMILES string of the molecule is NC(=O)C(NC1CC1)c1cc(Br)c2c(c1)OCO2. The van der Waals surface area contributed by atoms with Crippen molar-refractivity contribution in [2.24, 2.45) is 5.73 Å². The first kappa shape index (κ1) is 11.8. The maximum atomic E-state index is 11.5. The molecule has 0 spiro atoms. The van der Waals surface area contributed by atoms with E-state index in [0.717, 1.165) is 22.9 Å². The third-order valence-corrected chi connectivity index (χ3v) is 3.64. The van der Waals surface area contributed by atoms with Crippen LogP contribution in [0.5, 0.6) is 11.5 Å². The van der Waals surface area contributed by atoms with Crippen molar-refractivity contribution in [2.75, 3.05) is 6.79 Å². The molecule has 3 N–H and O–H groups in total. The Hall–Kier alpha value is -1.27. The van der Waals surface area contributed by atoms with Crippen LogP contribution in [0, 0.1) is 0 Å². The van der Waals surface area contributed by atoms with Crippen molar-refractivity contribution >= 4 is 21.8 Å². The van der Waals surface area contributed by atoms with E-state index < -0.39 is 6.04 Å². The number of amides is 1. The van der Waals surface area contributed by atoms with Crippen molar-refractivity contribution in [2.45, 2.75) is 24.9 Å². The Kier molecular flexibility index (Phi) is 2.91. The lowest BCUT2D eigenvalue weighted by Crippen LogP contribution is -2.34. The van der Waals surface area contributed by atoms with Gasteiger partial charge in [0.2, 0.25) is 12.7 Å². The zero-order chi connectivity index (χ0) is 12.7. The fourth-order valence-corrected chi connectivity index (χ4v) is 2.56. The van der Waals surface area contributed by atoms with Crippen LogP contribution in [0.3, 0.4) is 0 Å². The summed E-state index contributed by atoms with van der Waals surface area (Å²) in [7, 11) is 0. The highest BCUT2D eigenvalue weighted by molar-refractivity contribution is 9.10. The molecule has 1 amide bonds. The van der Waals surface area contributed by atoms with Gasteiger partial charge in [0.15, 0.2) is 11.5 Å². The quantitative estimate of drug-likeness (QED) is 0.882. The number of benzene rings is 1. The number of hydrogen-bond donors (Lipinski definition) is 2. The average molecular weight is 313 g/mol. The number of primary amides is 1. The number of ether oxygens (including phenoxy) is 2. The Bertz CT molecular complexity index is 502. The minimum Gasteiger partial charge on any atom is -0.454 e. The summed E-state index contributed by atoms with van der Waals surface area (Å²) in [6.07, 6.45) is 2.19. The van der Waals surface area contributed by atoms with E-state index in [9.17, 15) is 4.79 Å². The number of hydrogen-bond acceptors (Lipinski definition) is 4. The largest absolute Gasteiger partial charge is 0.454 e. The molecule has 1 unspecified atom stereocenters. The zero-order valence-corrected chi connectivity index (χ0v) is 11.2. The molecular weight excluding hydrogens is 300 g/mol. The highest BCUT2D eigenvalue weighted by atomic mass is 79.9. The van der Waals surface area contributed by atoms with Crippen LogP contribution in [-0.2, 0) is 4.79 Å². The number of carbonyl (C=O) groups excluding carboxylic acids is 1. The van der Waals surface area contributed by atoms with Gasteiger partial charge >= 0.3 is 0 Å². The van der Waals surface area contributed by atoms with Crippen molar-refractivity contribution in [3.05, 3.63) is 22.2 Å². The summed E-state index contributed by atoms with van der Waals surface area (Å²) in [4.78, 5) is 11.5. The minimum absolute atomic E-state index is 0.203. The van der Waals surface area contributed by atoms with Gasteiger partial charge in [0.25, 0.3) is 0 Å². The number of halogens is 1. The molecule has 5 nitrogen and oxygen atoms in total. The third-order valence-electron chi connectivity index (χ3n) is 3.05. The topological polar surface area (TPSA) is 73.6 Å². The summed E-state index contributed by atoms with van der Waals surface area (Å²) < 4.78 is 11.4. The number of rotatable bonds is 4. The summed E-state index contributed by atoms with van der Waals surface area (Å²) in [6.45, 7) is 0.203. The van der Waals surface area contributed by atoms with Crippen LogP contribution in [-0.4, -0.2) is 18.7 Å². The monoisotopic (exact) mass is 312 g/mol. The molecule has 0 radical (unpaired) electrons. The van der Waals surface area contributed by atoms with Crippen molar-refractivity contribution in [3.63, 3.8) is 0 Å². The molecule has 1 fully saturated rings. The number of nitrogens with one attached hydrogen (secondary N) is 1. The van der Waals surface area contributed by atoms with E-state index in [0.29, 0.717) is 17.5 Å². The highest BCUT2D eigenvalue weighted by Crippen LogP contribution is 2.41. The first-order chi connectivity index (χ1) is 8.65. The molecule has 1 aliphatic carbocycles. The van der Waals surface area contributed by atoms with Gasteiger partial charge in [-0.1, -0.05) is 0 Å². The Morgan fingerprint density at radius 3 is 2.89 bits per heavy atom. The molecule has 0 aromatic heterocycles. The summed E-state index contributed by atoms with van der Waals surface area (Å²) in [5, 5.41) is 3.23. The van der Waals surface area contributed by atoms with E-state index in [1.54, 1.807) is 6.07 Å². The molecule has 3 rings (SSSR count). The van der Waals surface area contributed by atoms with Crippen molar-refractivity contribution < 1.29 is 14.3 Å². The molecule has 1 saturated carbocycles. The van der Waals surface area contributed by atoms with Crippen molar-refractivity contribution in [3.8, 4) is 11.5 Å². The fraction of sp³-hybridized carbons (Fsp3) is 0.417. The fourth-order valence-electron chi connectivity index (χ4n) is 1.98. The summed E-state index contributed by atoms with van der Waals surface area (Å²) in [5.41, 5.74) is 6.25. The number of carbonyl (C=O) groups is 1. The highest BCUT2D eigenvalue weighted by Gasteiger charge is 2.30. The molecule has 6 heteroatoms. The van der Waals surface area contributed by atoms with Crippen molar-refractivity contribution in [1.29, 1.82) is 0 Å². The average Bonchev–Trinajstić information content (AvgIpc) is 3.01. The van der Waals surface area contributed by atoms with Gasteiger partial charge in [-0.15, -0.1) is 0 Å². The van der Waals surface area contributed by atoms with E-state index in [1.807, 2.05) is 6.07 Å². The maximum Gasteiger partial charge on any atom is 0.239 e. The van der Waals surface area contributed by atoms with Crippen LogP contribution in [0.4, 0.5) is 0 Å². The van der Waals surface area contributed by atoms with Crippen molar-refractivity contribution in [1.82, 2.24) is 5.32 Å². The molecule has 1 atom stereocenters. The molecule has 0 bridgehead atoms. The lowest BCUT2D eigenvalue weighted by Gasteiger charge is -2.16. The lowest BCUT2D eigenvalue weighted by molar-refractivity contribution is -0.120. The van der Waals surface area contributed by atoms with E-state index in [4.69, 9.17) is 15.2 Å². The van der Waals surface area contributed by atoms with Crippen LogP contribution in [0.2, 0.25) is 0 Å². The predicted molar refractivity (Wildman–Crippen MR) is 68.4 cm³/mol. The molecule has 96 valence electrons. The summed E-state index contributed by atoms with van der Waals surface area (Å²) in [5.74, 6) is 0.935. The van der Waals surface area contributed by atoms with Gasteiger partial charge in [-0.3, -0.25) is 10.1 Å². The zero-order valence-electron chi connectivity index (χ0n) is 9.61. The number of fused-ring (bicyclic) bond motifs is 1. The second kappa shape index (κ2) is 4.44. The number of nitrogens with two attached hydrogens (primary N) is 1. The van der Waals surface area contributed by atoms with Crippen LogP contribution < -0.4 is 20.5 Å². The first-order valence-corrected chi connectivity index (χ1v) is 6.59. The van der Waals surface area contributed by atoms with Gasteiger partial charge < -0.3 is 15.2 Å². The van der Waals surface area contributed by atoms with Gasteiger partial charge in [0.05, 0.1) is 4.47 Å². The molecule has 1 aliphatic heterocycles. The molecule has 18 heavy (non-hydrogen) atoms. The van der Waals surface area contributed by atoms with E-state index in [2.05, 4.69) is 21.2 Å². The van der Waals surface area contributed by atoms with Gasteiger partial charge in [-0.2, -0.15) is 0 Å². The Morgan fingerprint density at radius 1 is 1.44 bits per heavy atom. The van der Waals surface area contributed by atoms with Gasteiger partial charge in [0, 0.05) is 6.04 Å². The van der Waals surface area contributed by atoms with Crippen LogP contribution in [0.1, 0.15) is 24.4 Å². The third kappa shape index (κ3) is 2.18. The van der Waals surface area contributed by atoms with E-state index >= 15 is 0 Å². The molecular formula is C12H13BrN2O3. The van der Waals surface area contributed by atoms with Gasteiger partial charge in [-0.05, 0) is 46.5 Å². The molecule has 0 saturated heterocycles. The normalized spacial score (nSPS) is 18.7. The molecule has 2 aliphatic rings. The maximum absolute atomic E-state index is 11.5. The first-order valence-electron chi connectivity index (χ1n) is 5.79. The summed E-state index contributed by atoms with van der Waals surface area (Å²) >= 11 is 3.41. The second-order valence-corrected chi connectivity index (χ2v) is 5.37.